The van der Waals surface area contributed by atoms with Crippen LogP contribution in [0.2, 0.25) is 0 Å². The first-order valence-electron chi connectivity index (χ1n) is 7.86. The zero-order valence-electron chi connectivity index (χ0n) is 14.3. The summed E-state index contributed by atoms with van der Waals surface area (Å²) >= 11 is 1.57. The van der Waals surface area contributed by atoms with Crippen LogP contribution in [0.15, 0.2) is 29.2 Å². The van der Waals surface area contributed by atoms with Crippen molar-refractivity contribution in [2.24, 2.45) is 0 Å². The number of urea groups is 1. The van der Waals surface area contributed by atoms with Crippen molar-refractivity contribution in [1.82, 2.24) is 10.6 Å². The maximum Gasteiger partial charge on any atom is 0.321 e. The van der Waals surface area contributed by atoms with Crippen LogP contribution in [0, 0.1) is 0 Å². The van der Waals surface area contributed by atoms with E-state index in [1.165, 1.54) is 0 Å². The van der Waals surface area contributed by atoms with Crippen molar-refractivity contribution >= 4 is 35.5 Å². The number of esters is 1. The third kappa shape index (κ3) is 8.35. The lowest BCUT2D eigenvalue weighted by molar-refractivity contribution is -0.148. The van der Waals surface area contributed by atoms with Gasteiger partial charge in [-0.25, -0.2) is 4.79 Å². The molecule has 0 spiro atoms. The fraction of sp³-hybridized carbons (Fsp3) is 0.412. The van der Waals surface area contributed by atoms with Gasteiger partial charge in [0.05, 0.1) is 6.42 Å². The summed E-state index contributed by atoms with van der Waals surface area (Å²) in [6, 6.07) is 6.46. The lowest BCUT2D eigenvalue weighted by Gasteiger charge is -2.07. The highest BCUT2D eigenvalue weighted by molar-refractivity contribution is 7.98. The van der Waals surface area contributed by atoms with Crippen LogP contribution < -0.4 is 10.6 Å². The number of imide groups is 1. The summed E-state index contributed by atoms with van der Waals surface area (Å²) in [5.74, 6) is -1.56. The van der Waals surface area contributed by atoms with Crippen LogP contribution in [0.5, 0.6) is 0 Å². The Labute approximate surface area is 150 Å². The number of carbonyl (C=O) groups excluding carboxylic acids is 4. The maximum absolute atomic E-state index is 12.0. The van der Waals surface area contributed by atoms with Gasteiger partial charge < -0.3 is 10.1 Å². The van der Waals surface area contributed by atoms with E-state index in [4.69, 9.17) is 4.74 Å². The van der Waals surface area contributed by atoms with Crippen molar-refractivity contribution in [3.8, 4) is 0 Å². The number of nitrogens with one attached hydrogen (secondary N) is 2. The minimum absolute atomic E-state index is 0.00392. The Kier molecular flexibility index (Phi) is 9.31. The number of thioether (sulfide) groups is 1. The molecule has 0 aliphatic rings. The zero-order chi connectivity index (χ0) is 18.7. The van der Waals surface area contributed by atoms with Crippen molar-refractivity contribution < 1.29 is 23.9 Å². The monoisotopic (exact) mass is 366 g/mol. The summed E-state index contributed by atoms with van der Waals surface area (Å²) in [6.45, 7) is 1.76. The van der Waals surface area contributed by atoms with Gasteiger partial charge in [0, 0.05) is 23.4 Å². The Bertz CT molecular complexity index is 616. The third-order valence-electron chi connectivity index (χ3n) is 3.12. The van der Waals surface area contributed by atoms with E-state index in [0.29, 0.717) is 12.1 Å². The molecule has 8 heteroatoms. The lowest BCUT2D eigenvalue weighted by Crippen LogP contribution is -2.41. The predicted molar refractivity (Wildman–Crippen MR) is 94.6 cm³/mol. The van der Waals surface area contributed by atoms with Crippen LogP contribution in [-0.2, 0) is 14.3 Å². The average Bonchev–Trinajstić information content (AvgIpc) is 2.62. The molecular weight excluding hydrogens is 344 g/mol. The molecule has 136 valence electrons. The van der Waals surface area contributed by atoms with Crippen molar-refractivity contribution in [2.45, 2.75) is 31.1 Å². The van der Waals surface area contributed by atoms with Gasteiger partial charge in [-0.3, -0.25) is 19.7 Å². The molecule has 2 N–H and O–H groups in total. The molecule has 1 rings (SSSR count). The van der Waals surface area contributed by atoms with Crippen LogP contribution >= 0.6 is 11.8 Å². The molecule has 1 aromatic carbocycles. The molecule has 0 saturated carbocycles. The number of hydrogen-bond acceptors (Lipinski definition) is 6. The van der Waals surface area contributed by atoms with Gasteiger partial charge >= 0.3 is 12.0 Å². The fourth-order valence-corrected chi connectivity index (χ4v) is 2.21. The van der Waals surface area contributed by atoms with E-state index < -0.39 is 24.5 Å². The van der Waals surface area contributed by atoms with Crippen molar-refractivity contribution in [3.05, 3.63) is 29.8 Å². The standard InChI is InChI=1S/C17H22N2O5S/c1-3-10-18-17(23)19-15(21)11-24-16(22)9-8-14(20)12-4-6-13(25-2)7-5-12/h4-7H,3,8-11H2,1-2H3,(H2,18,19,21,23). The SMILES string of the molecule is CCCNC(=O)NC(=O)COC(=O)CCC(=O)c1ccc(SC)cc1. The van der Waals surface area contributed by atoms with Gasteiger partial charge in [-0.1, -0.05) is 19.1 Å². The van der Waals surface area contributed by atoms with Crippen LogP contribution in [0.25, 0.3) is 0 Å². The minimum atomic E-state index is -0.721. The summed E-state index contributed by atoms with van der Waals surface area (Å²) in [5, 5.41) is 4.50. The van der Waals surface area contributed by atoms with E-state index in [1.54, 1.807) is 23.9 Å². The molecule has 0 heterocycles. The normalized spacial score (nSPS) is 10.0. The van der Waals surface area contributed by atoms with Crippen molar-refractivity contribution in [2.75, 3.05) is 19.4 Å². The second kappa shape index (κ2) is 11.2. The molecule has 0 aliphatic heterocycles. The van der Waals surface area contributed by atoms with E-state index in [2.05, 4.69) is 5.32 Å². The topological polar surface area (TPSA) is 102 Å². The second-order valence-electron chi connectivity index (χ2n) is 5.12. The van der Waals surface area contributed by atoms with Crippen LogP contribution in [0.3, 0.4) is 0 Å². The fourth-order valence-electron chi connectivity index (χ4n) is 1.80. The second-order valence-corrected chi connectivity index (χ2v) is 6.00. The summed E-state index contributed by atoms with van der Waals surface area (Å²) < 4.78 is 4.75. The van der Waals surface area contributed by atoms with Crippen molar-refractivity contribution in [1.29, 1.82) is 0 Å². The molecule has 1 aromatic rings. The van der Waals surface area contributed by atoms with Gasteiger partial charge in [0.15, 0.2) is 12.4 Å². The van der Waals surface area contributed by atoms with E-state index in [1.807, 2.05) is 30.6 Å². The van der Waals surface area contributed by atoms with Gasteiger partial charge in [0.2, 0.25) is 0 Å². The molecule has 0 saturated heterocycles. The first kappa shape index (κ1) is 20.7. The molecule has 0 fully saturated rings. The maximum atomic E-state index is 12.0. The van der Waals surface area contributed by atoms with E-state index in [9.17, 15) is 19.2 Å². The molecule has 0 radical (unpaired) electrons. The third-order valence-corrected chi connectivity index (χ3v) is 3.86. The Morgan fingerprint density at radius 3 is 2.36 bits per heavy atom. The lowest BCUT2D eigenvalue weighted by atomic mass is 10.1. The summed E-state index contributed by atoms with van der Waals surface area (Å²) in [7, 11) is 0. The number of hydrogen-bond donors (Lipinski definition) is 2. The van der Waals surface area contributed by atoms with E-state index in [0.717, 1.165) is 11.3 Å². The highest BCUT2D eigenvalue weighted by atomic mass is 32.2. The molecule has 7 nitrogen and oxygen atoms in total. The van der Waals surface area contributed by atoms with Gasteiger partial charge in [-0.2, -0.15) is 0 Å². The summed E-state index contributed by atoms with van der Waals surface area (Å²) in [5.41, 5.74) is 0.524. The molecular formula is C17H22N2O5S. The average molecular weight is 366 g/mol. The molecule has 3 amide bonds. The molecule has 0 atom stereocenters. The van der Waals surface area contributed by atoms with Gasteiger partial charge in [0.25, 0.3) is 5.91 Å². The Morgan fingerprint density at radius 1 is 1.08 bits per heavy atom. The van der Waals surface area contributed by atoms with Crippen LogP contribution in [0.1, 0.15) is 36.5 Å². The van der Waals surface area contributed by atoms with Crippen molar-refractivity contribution in [3.63, 3.8) is 0 Å². The van der Waals surface area contributed by atoms with Gasteiger partial charge in [-0.15, -0.1) is 11.8 Å². The molecule has 0 aromatic heterocycles. The predicted octanol–water partition coefficient (Wildman–Crippen LogP) is 2.15. The number of ether oxygens (including phenoxy) is 1. The molecule has 0 bridgehead atoms. The number of ketones is 1. The Morgan fingerprint density at radius 2 is 1.76 bits per heavy atom. The smallest absolute Gasteiger partial charge is 0.321 e. The van der Waals surface area contributed by atoms with Crippen LogP contribution in [0.4, 0.5) is 4.79 Å². The Hall–Kier alpha value is -2.35. The largest absolute Gasteiger partial charge is 0.456 e. The quantitative estimate of drug-likeness (QED) is 0.394. The first-order chi connectivity index (χ1) is 12.0. The molecule has 0 aliphatic carbocycles. The number of amides is 3. The van der Waals surface area contributed by atoms with Crippen LogP contribution in [-0.4, -0.2) is 43.1 Å². The van der Waals surface area contributed by atoms with Gasteiger partial charge in [0.1, 0.15) is 0 Å². The number of benzene rings is 1. The van der Waals surface area contributed by atoms with Gasteiger partial charge in [-0.05, 0) is 24.8 Å². The Balaban J connectivity index is 2.28. The number of rotatable bonds is 9. The van der Waals surface area contributed by atoms with E-state index in [-0.39, 0.29) is 18.6 Å². The van der Waals surface area contributed by atoms with E-state index >= 15 is 0 Å². The zero-order valence-corrected chi connectivity index (χ0v) is 15.1. The highest BCUT2D eigenvalue weighted by Crippen LogP contribution is 2.16. The number of Topliss-reactive ketones (excluding diaryl/α,β-unsaturated/α-hetero) is 1. The summed E-state index contributed by atoms with van der Waals surface area (Å²) in [6.07, 6.45) is 2.55. The summed E-state index contributed by atoms with van der Waals surface area (Å²) in [4.78, 5) is 47.3. The molecule has 0 unspecified atom stereocenters. The highest BCUT2D eigenvalue weighted by Gasteiger charge is 2.13. The minimum Gasteiger partial charge on any atom is -0.456 e. The first-order valence-corrected chi connectivity index (χ1v) is 9.09. The molecule has 25 heavy (non-hydrogen) atoms. The number of carbonyl (C=O) groups is 4.